The van der Waals surface area contributed by atoms with Crippen molar-refractivity contribution in [2.75, 3.05) is 14.2 Å². The van der Waals surface area contributed by atoms with Crippen LogP contribution in [0.2, 0.25) is 0 Å². The third-order valence-corrected chi connectivity index (χ3v) is 5.53. The van der Waals surface area contributed by atoms with Gasteiger partial charge in [0.15, 0.2) is 0 Å². The highest BCUT2D eigenvalue weighted by molar-refractivity contribution is 5.83. The number of methoxy groups -OCH3 is 1. The van der Waals surface area contributed by atoms with Gasteiger partial charge in [-0.05, 0) is 53.8 Å². The molecule has 2 atom stereocenters. The molecule has 0 heterocycles. The van der Waals surface area contributed by atoms with Crippen LogP contribution in [-0.4, -0.2) is 20.1 Å². The van der Waals surface area contributed by atoms with Crippen molar-refractivity contribution in [2.45, 2.75) is 31.1 Å². The Labute approximate surface area is 191 Å². The van der Waals surface area contributed by atoms with E-state index >= 15 is 0 Å². The Bertz CT molecular complexity index is 1020. The van der Waals surface area contributed by atoms with E-state index in [1.54, 1.807) is 14.2 Å². The molecule has 3 rings (SSSR count). The molecular formula is C26H27F3N2O2. The van der Waals surface area contributed by atoms with Crippen LogP contribution in [0.3, 0.4) is 0 Å². The van der Waals surface area contributed by atoms with Gasteiger partial charge in [0.05, 0.1) is 12.7 Å². The first-order valence-corrected chi connectivity index (χ1v) is 10.6. The average molecular weight is 457 g/mol. The summed E-state index contributed by atoms with van der Waals surface area (Å²) in [5, 5.41) is 6.04. The van der Waals surface area contributed by atoms with Crippen molar-refractivity contribution in [3.05, 3.63) is 101 Å². The molecule has 33 heavy (non-hydrogen) atoms. The van der Waals surface area contributed by atoms with E-state index in [0.717, 1.165) is 29.0 Å². The van der Waals surface area contributed by atoms with Crippen molar-refractivity contribution in [1.82, 2.24) is 10.6 Å². The zero-order chi connectivity index (χ0) is 23.8. The summed E-state index contributed by atoms with van der Waals surface area (Å²) in [4.78, 5) is 12.7. The topological polar surface area (TPSA) is 50.4 Å². The number of carbonyl (C=O) groups is 1. The molecule has 0 aliphatic rings. The molecule has 0 unspecified atom stereocenters. The lowest BCUT2D eigenvalue weighted by Gasteiger charge is -2.26. The minimum Gasteiger partial charge on any atom is -0.497 e. The molecule has 3 aromatic rings. The standard InChI is InChI=1S/C26H27F3N2O2/c1-30-25(32)24(20-6-4-3-5-7-20)31-23(17-10-18-8-15-22(33-2)16-9-18)19-11-13-21(14-12-19)26(27,28)29/h3-9,11-16,23-24,31H,10,17H2,1-2H3,(H,30,32)/t23-,24-/m1/s1. The summed E-state index contributed by atoms with van der Waals surface area (Å²) < 4.78 is 44.4. The van der Waals surface area contributed by atoms with Gasteiger partial charge in [-0.25, -0.2) is 0 Å². The van der Waals surface area contributed by atoms with E-state index < -0.39 is 17.8 Å². The quantitative estimate of drug-likeness (QED) is 0.449. The zero-order valence-corrected chi connectivity index (χ0v) is 18.5. The molecule has 3 aromatic carbocycles. The summed E-state index contributed by atoms with van der Waals surface area (Å²) in [6.07, 6.45) is -3.16. The molecule has 0 spiro atoms. The monoisotopic (exact) mass is 456 g/mol. The Morgan fingerprint density at radius 2 is 1.55 bits per heavy atom. The number of benzene rings is 3. The Kier molecular flexibility index (Phi) is 8.11. The van der Waals surface area contributed by atoms with Crippen LogP contribution in [0.4, 0.5) is 13.2 Å². The maximum absolute atomic E-state index is 13.1. The van der Waals surface area contributed by atoms with Crippen LogP contribution in [0.25, 0.3) is 0 Å². The number of alkyl halides is 3. The van der Waals surface area contributed by atoms with Crippen LogP contribution in [0, 0.1) is 0 Å². The highest BCUT2D eigenvalue weighted by Gasteiger charge is 2.31. The SMILES string of the molecule is CNC(=O)[C@H](N[C@H](CCc1ccc(OC)cc1)c1ccc(C(F)(F)F)cc1)c1ccccc1. The Balaban J connectivity index is 1.88. The fourth-order valence-electron chi connectivity index (χ4n) is 3.67. The molecule has 174 valence electrons. The highest BCUT2D eigenvalue weighted by Crippen LogP contribution is 2.31. The number of nitrogens with one attached hydrogen (secondary N) is 2. The van der Waals surface area contributed by atoms with Crippen LogP contribution in [0.15, 0.2) is 78.9 Å². The van der Waals surface area contributed by atoms with Crippen molar-refractivity contribution < 1.29 is 22.7 Å². The highest BCUT2D eigenvalue weighted by atomic mass is 19.4. The Morgan fingerprint density at radius 1 is 0.909 bits per heavy atom. The summed E-state index contributed by atoms with van der Waals surface area (Å²) in [6.45, 7) is 0. The second-order valence-electron chi connectivity index (χ2n) is 7.68. The van der Waals surface area contributed by atoms with Crippen molar-refractivity contribution in [3.8, 4) is 5.75 Å². The number of hydrogen-bond donors (Lipinski definition) is 2. The number of aryl methyl sites for hydroxylation is 1. The van der Waals surface area contributed by atoms with E-state index in [1.807, 2.05) is 54.6 Å². The second kappa shape index (κ2) is 11.0. The lowest BCUT2D eigenvalue weighted by molar-refractivity contribution is -0.137. The van der Waals surface area contributed by atoms with Crippen LogP contribution < -0.4 is 15.4 Å². The van der Waals surface area contributed by atoms with Gasteiger partial charge in [-0.3, -0.25) is 10.1 Å². The number of rotatable bonds is 9. The van der Waals surface area contributed by atoms with Crippen LogP contribution in [-0.2, 0) is 17.4 Å². The maximum Gasteiger partial charge on any atom is 0.416 e. The van der Waals surface area contributed by atoms with E-state index in [9.17, 15) is 18.0 Å². The lowest BCUT2D eigenvalue weighted by atomic mass is 9.95. The first kappa shape index (κ1) is 24.3. The largest absolute Gasteiger partial charge is 0.497 e. The first-order chi connectivity index (χ1) is 15.8. The van der Waals surface area contributed by atoms with Gasteiger partial charge in [0.2, 0.25) is 5.91 Å². The Morgan fingerprint density at radius 3 is 2.09 bits per heavy atom. The Hall–Kier alpha value is -3.32. The number of hydrogen-bond acceptors (Lipinski definition) is 3. The molecule has 1 amide bonds. The smallest absolute Gasteiger partial charge is 0.416 e. The molecule has 4 nitrogen and oxygen atoms in total. The van der Waals surface area contributed by atoms with E-state index in [0.29, 0.717) is 18.4 Å². The minimum absolute atomic E-state index is 0.220. The van der Waals surface area contributed by atoms with Gasteiger partial charge in [-0.15, -0.1) is 0 Å². The number of amides is 1. The third-order valence-electron chi connectivity index (χ3n) is 5.53. The lowest BCUT2D eigenvalue weighted by Crippen LogP contribution is -2.38. The molecule has 0 aliphatic carbocycles. The summed E-state index contributed by atoms with van der Waals surface area (Å²) in [7, 11) is 3.16. The van der Waals surface area contributed by atoms with Crippen molar-refractivity contribution in [1.29, 1.82) is 0 Å². The number of carbonyl (C=O) groups excluding carboxylic acids is 1. The molecule has 0 bridgehead atoms. The van der Waals surface area contributed by atoms with Gasteiger partial charge < -0.3 is 10.1 Å². The van der Waals surface area contributed by atoms with Gasteiger partial charge in [-0.1, -0.05) is 54.6 Å². The van der Waals surface area contributed by atoms with Gasteiger partial charge in [0, 0.05) is 13.1 Å². The van der Waals surface area contributed by atoms with E-state index in [-0.39, 0.29) is 11.9 Å². The average Bonchev–Trinajstić information content (AvgIpc) is 2.84. The van der Waals surface area contributed by atoms with E-state index in [4.69, 9.17) is 4.74 Å². The molecule has 0 saturated carbocycles. The predicted molar refractivity (Wildman–Crippen MR) is 122 cm³/mol. The molecule has 0 radical (unpaired) electrons. The number of likely N-dealkylation sites (N-methyl/N-ethyl adjacent to an activating group) is 1. The predicted octanol–water partition coefficient (Wildman–Crippen LogP) is 5.46. The fraction of sp³-hybridized carbons (Fsp3) is 0.269. The second-order valence-corrected chi connectivity index (χ2v) is 7.68. The summed E-state index contributed by atoms with van der Waals surface area (Å²) >= 11 is 0. The van der Waals surface area contributed by atoms with Crippen LogP contribution >= 0.6 is 0 Å². The van der Waals surface area contributed by atoms with Gasteiger partial charge in [0.1, 0.15) is 11.8 Å². The molecule has 0 saturated heterocycles. The van der Waals surface area contributed by atoms with E-state index in [2.05, 4.69) is 10.6 Å². The third kappa shape index (κ3) is 6.58. The molecule has 2 N–H and O–H groups in total. The van der Waals surface area contributed by atoms with Crippen LogP contribution in [0.1, 0.15) is 40.8 Å². The minimum atomic E-state index is -4.40. The molecule has 0 aliphatic heterocycles. The first-order valence-electron chi connectivity index (χ1n) is 10.6. The summed E-state index contributed by atoms with van der Waals surface area (Å²) in [5.74, 6) is 0.530. The fourth-order valence-corrected chi connectivity index (χ4v) is 3.67. The summed E-state index contributed by atoms with van der Waals surface area (Å²) in [6, 6.07) is 21.0. The van der Waals surface area contributed by atoms with Crippen molar-refractivity contribution in [2.24, 2.45) is 0 Å². The van der Waals surface area contributed by atoms with E-state index in [1.165, 1.54) is 12.1 Å². The molecule has 0 aromatic heterocycles. The zero-order valence-electron chi connectivity index (χ0n) is 18.5. The van der Waals surface area contributed by atoms with Crippen molar-refractivity contribution >= 4 is 5.91 Å². The molecule has 7 heteroatoms. The van der Waals surface area contributed by atoms with Gasteiger partial charge in [-0.2, -0.15) is 13.2 Å². The molecule has 0 fully saturated rings. The van der Waals surface area contributed by atoms with Crippen LogP contribution in [0.5, 0.6) is 5.75 Å². The normalized spacial score (nSPS) is 13.2. The van der Waals surface area contributed by atoms with Gasteiger partial charge in [0.25, 0.3) is 0 Å². The molecular weight excluding hydrogens is 429 g/mol. The van der Waals surface area contributed by atoms with Crippen molar-refractivity contribution in [3.63, 3.8) is 0 Å². The number of ether oxygens (including phenoxy) is 1. The maximum atomic E-state index is 13.1. The van der Waals surface area contributed by atoms with Gasteiger partial charge >= 0.3 is 6.18 Å². The summed E-state index contributed by atoms with van der Waals surface area (Å²) in [5.41, 5.74) is 1.82. The number of halogens is 3.